The first kappa shape index (κ1) is 14.7. The van der Waals surface area contributed by atoms with Gasteiger partial charge in [0.25, 0.3) is 0 Å². The Kier molecular flexibility index (Phi) is 5.88. The number of likely N-dealkylation sites (N-methyl/N-ethyl adjacent to an activating group) is 2. The van der Waals surface area contributed by atoms with Gasteiger partial charge >= 0.3 is 0 Å². The summed E-state index contributed by atoms with van der Waals surface area (Å²) >= 11 is 5.75. The molecule has 6 heteroatoms. The number of aliphatic hydroxyl groups excluding tert-OH is 1. The van der Waals surface area contributed by atoms with E-state index in [9.17, 15) is 4.79 Å². The molecule has 18 heavy (non-hydrogen) atoms. The number of amides is 1. The minimum absolute atomic E-state index is 0.0253. The van der Waals surface area contributed by atoms with Crippen molar-refractivity contribution in [3.63, 3.8) is 0 Å². The van der Waals surface area contributed by atoms with E-state index in [1.807, 2.05) is 6.92 Å². The van der Waals surface area contributed by atoms with Crippen LogP contribution in [-0.2, 0) is 4.79 Å². The summed E-state index contributed by atoms with van der Waals surface area (Å²) in [6.45, 7) is 3.03. The summed E-state index contributed by atoms with van der Waals surface area (Å²) < 4.78 is 0. The van der Waals surface area contributed by atoms with E-state index in [1.54, 1.807) is 35.2 Å². The molecule has 100 valence electrons. The molecule has 0 unspecified atom stereocenters. The van der Waals surface area contributed by atoms with Gasteiger partial charge in [-0.15, -0.1) is 0 Å². The SMILES string of the molecule is CCN(CCO)C(=O)CN(C)c1ccc(Cl)cn1. The molecule has 0 aliphatic rings. The molecular formula is C12H18ClN3O2. The molecule has 0 aliphatic carbocycles. The standard InChI is InChI=1S/C12H18ClN3O2/c1-3-16(6-7-17)12(18)9-15(2)11-5-4-10(13)8-14-11/h4-5,8,17H,3,6-7,9H2,1-2H3. The van der Waals surface area contributed by atoms with Gasteiger partial charge < -0.3 is 14.9 Å². The first-order valence-corrected chi connectivity index (χ1v) is 6.17. The van der Waals surface area contributed by atoms with E-state index in [0.29, 0.717) is 23.9 Å². The van der Waals surface area contributed by atoms with E-state index in [0.717, 1.165) is 0 Å². The van der Waals surface area contributed by atoms with Crippen LogP contribution in [0.1, 0.15) is 6.92 Å². The van der Waals surface area contributed by atoms with Crippen molar-refractivity contribution in [2.45, 2.75) is 6.92 Å². The minimum Gasteiger partial charge on any atom is -0.395 e. The molecule has 0 spiro atoms. The second-order valence-corrected chi connectivity index (χ2v) is 4.32. The smallest absolute Gasteiger partial charge is 0.242 e. The first-order chi connectivity index (χ1) is 8.58. The minimum atomic E-state index is -0.0363. The molecular weight excluding hydrogens is 254 g/mol. The third-order valence-electron chi connectivity index (χ3n) is 2.58. The lowest BCUT2D eigenvalue weighted by Crippen LogP contribution is -2.40. The number of rotatable bonds is 6. The lowest BCUT2D eigenvalue weighted by atomic mass is 10.4. The third-order valence-corrected chi connectivity index (χ3v) is 2.80. The van der Waals surface area contributed by atoms with Gasteiger partial charge in [0, 0.05) is 26.3 Å². The molecule has 1 N–H and O–H groups in total. The zero-order valence-corrected chi connectivity index (χ0v) is 11.4. The van der Waals surface area contributed by atoms with Crippen LogP contribution < -0.4 is 4.90 Å². The topological polar surface area (TPSA) is 56.7 Å². The highest BCUT2D eigenvalue weighted by Crippen LogP contribution is 2.12. The van der Waals surface area contributed by atoms with Gasteiger partial charge in [-0.3, -0.25) is 4.79 Å². The Hall–Kier alpha value is -1.33. The Labute approximate surface area is 112 Å². The average molecular weight is 272 g/mol. The molecule has 1 aromatic heterocycles. The van der Waals surface area contributed by atoms with E-state index >= 15 is 0 Å². The summed E-state index contributed by atoms with van der Waals surface area (Å²) in [4.78, 5) is 19.4. The second-order valence-electron chi connectivity index (χ2n) is 3.89. The highest BCUT2D eigenvalue weighted by Gasteiger charge is 2.14. The van der Waals surface area contributed by atoms with Crippen molar-refractivity contribution in [1.82, 2.24) is 9.88 Å². The van der Waals surface area contributed by atoms with Crippen molar-refractivity contribution in [1.29, 1.82) is 0 Å². The van der Waals surface area contributed by atoms with Gasteiger partial charge in [-0.2, -0.15) is 0 Å². The average Bonchev–Trinajstić information content (AvgIpc) is 2.36. The number of carbonyl (C=O) groups is 1. The fourth-order valence-corrected chi connectivity index (χ4v) is 1.67. The molecule has 0 fully saturated rings. The van der Waals surface area contributed by atoms with Crippen LogP contribution in [0.4, 0.5) is 5.82 Å². The molecule has 0 aliphatic heterocycles. The molecule has 1 rings (SSSR count). The molecule has 1 heterocycles. The molecule has 0 radical (unpaired) electrons. The third kappa shape index (κ3) is 4.16. The first-order valence-electron chi connectivity index (χ1n) is 5.79. The summed E-state index contributed by atoms with van der Waals surface area (Å²) in [7, 11) is 1.79. The van der Waals surface area contributed by atoms with E-state index in [4.69, 9.17) is 16.7 Å². The van der Waals surface area contributed by atoms with Gasteiger partial charge in [0.05, 0.1) is 18.2 Å². The second kappa shape index (κ2) is 7.18. The maximum atomic E-state index is 11.9. The Morgan fingerprint density at radius 1 is 1.50 bits per heavy atom. The highest BCUT2D eigenvalue weighted by atomic mass is 35.5. The highest BCUT2D eigenvalue weighted by molar-refractivity contribution is 6.30. The number of hydrogen-bond donors (Lipinski definition) is 1. The monoisotopic (exact) mass is 271 g/mol. The number of aromatic nitrogens is 1. The zero-order valence-electron chi connectivity index (χ0n) is 10.6. The Morgan fingerprint density at radius 2 is 2.22 bits per heavy atom. The van der Waals surface area contributed by atoms with Crippen molar-refractivity contribution in [2.75, 3.05) is 38.2 Å². The normalized spacial score (nSPS) is 10.2. The van der Waals surface area contributed by atoms with Gasteiger partial charge in [0.1, 0.15) is 5.82 Å². The van der Waals surface area contributed by atoms with Crippen LogP contribution >= 0.6 is 11.6 Å². The fourth-order valence-electron chi connectivity index (χ4n) is 1.56. The van der Waals surface area contributed by atoms with Gasteiger partial charge in [-0.1, -0.05) is 11.6 Å². The Morgan fingerprint density at radius 3 is 2.72 bits per heavy atom. The number of nitrogens with zero attached hydrogens (tertiary/aromatic N) is 3. The zero-order chi connectivity index (χ0) is 13.5. The molecule has 0 aromatic carbocycles. The molecule has 0 bridgehead atoms. The summed E-state index contributed by atoms with van der Waals surface area (Å²) in [5.74, 6) is 0.651. The van der Waals surface area contributed by atoms with Gasteiger partial charge in [-0.25, -0.2) is 4.98 Å². The van der Waals surface area contributed by atoms with Crippen molar-refractivity contribution in [2.24, 2.45) is 0 Å². The van der Waals surface area contributed by atoms with E-state index < -0.39 is 0 Å². The van der Waals surface area contributed by atoms with Crippen LogP contribution in [0.3, 0.4) is 0 Å². The van der Waals surface area contributed by atoms with Gasteiger partial charge in [0.15, 0.2) is 0 Å². The van der Waals surface area contributed by atoms with Crippen LogP contribution in [0.5, 0.6) is 0 Å². The molecule has 0 saturated heterocycles. The largest absolute Gasteiger partial charge is 0.395 e. The van der Waals surface area contributed by atoms with E-state index in [2.05, 4.69) is 4.98 Å². The molecule has 5 nitrogen and oxygen atoms in total. The van der Waals surface area contributed by atoms with Crippen LogP contribution in [0.15, 0.2) is 18.3 Å². The Balaban J connectivity index is 2.60. The Bertz CT molecular complexity index is 383. The number of aliphatic hydroxyl groups is 1. The van der Waals surface area contributed by atoms with Gasteiger partial charge in [-0.05, 0) is 19.1 Å². The van der Waals surface area contributed by atoms with Crippen LogP contribution in [0.2, 0.25) is 5.02 Å². The summed E-state index contributed by atoms with van der Waals surface area (Å²) in [5, 5.41) is 9.43. The number of carbonyl (C=O) groups excluding carboxylic acids is 1. The molecule has 1 aromatic rings. The fraction of sp³-hybridized carbons (Fsp3) is 0.500. The molecule has 0 atom stereocenters. The van der Waals surface area contributed by atoms with Crippen molar-refractivity contribution < 1.29 is 9.90 Å². The predicted molar refractivity (Wildman–Crippen MR) is 71.9 cm³/mol. The summed E-state index contributed by atoms with van der Waals surface area (Å²) in [5.41, 5.74) is 0. The van der Waals surface area contributed by atoms with E-state index in [-0.39, 0.29) is 19.1 Å². The van der Waals surface area contributed by atoms with Crippen molar-refractivity contribution in [3.8, 4) is 0 Å². The number of halogens is 1. The lowest BCUT2D eigenvalue weighted by Gasteiger charge is -2.24. The van der Waals surface area contributed by atoms with Crippen LogP contribution in [0.25, 0.3) is 0 Å². The number of hydrogen-bond acceptors (Lipinski definition) is 4. The summed E-state index contributed by atoms with van der Waals surface area (Å²) in [6, 6.07) is 3.49. The van der Waals surface area contributed by atoms with E-state index in [1.165, 1.54) is 0 Å². The van der Waals surface area contributed by atoms with Crippen LogP contribution in [-0.4, -0.2) is 54.2 Å². The summed E-state index contributed by atoms with van der Waals surface area (Å²) in [6.07, 6.45) is 1.54. The van der Waals surface area contributed by atoms with Gasteiger partial charge in [0.2, 0.25) is 5.91 Å². The molecule has 1 amide bonds. The predicted octanol–water partition coefficient (Wildman–Crippen LogP) is 1.01. The van der Waals surface area contributed by atoms with Crippen molar-refractivity contribution in [3.05, 3.63) is 23.4 Å². The van der Waals surface area contributed by atoms with Crippen molar-refractivity contribution >= 4 is 23.3 Å². The number of pyridine rings is 1. The number of anilines is 1. The van der Waals surface area contributed by atoms with Crippen LogP contribution in [0, 0.1) is 0 Å². The quantitative estimate of drug-likeness (QED) is 0.839. The lowest BCUT2D eigenvalue weighted by molar-refractivity contribution is -0.129. The molecule has 0 saturated carbocycles. The maximum Gasteiger partial charge on any atom is 0.242 e. The maximum absolute atomic E-state index is 11.9.